The number of carbonyl (C=O) groups is 2. The van der Waals surface area contributed by atoms with Crippen molar-refractivity contribution in [2.75, 3.05) is 19.7 Å². The summed E-state index contributed by atoms with van der Waals surface area (Å²) in [5.74, 6) is -0.00924. The van der Waals surface area contributed by atoms with E-state index in [-0.39, 0.29) is 36.4 Å². The molecule has 5 nitrogen and oxygen atoms in total. The fourth-order valence-electron chi connectivity index (χ4n) is 4.17. The summed E-state index contributed by atoms with van der Waals surface area (Å²) < 4.78 is 0. The number of hydrogen-bond acceptors (Lipinski definition) is 3. The number of aliphatic hydroxyl groups is 1. The van der Waals surface area contributed by atoms with Gasteiger partial charge in [0, 0.05) is 31.0 Å². The first-order valence-corrected chi connectivity index (χ1v) is 9.93. The van der Waals surface area contributed by atoms with Crippen LogP contribution in [0.4, 0.5) is 0 Å². The molecule has 0 aliphatic carbocycles. The van der Waals surface area contributed by atoms with Crippen LogP contribution < -0.4 is 0 Å². The molecule has 5 heteroatoms. The molecule has 0 aromatic heterocycles. The standard InChI is InChI=1S/C23H28N2O3/c1-3-21(27)25-19(22(20(25)16-26)17-11-7-5-8-12-17)15-24(4-2)23(28)18-13-9-6-10-14-18/h5-14,19-20,22,26H,3-4,15-16H2,1-2H3/t19-,20+,22+/m1/s1. The predicted octanol–water partition coefficient (Wildman–Crippen LogP) is 2.91. The van der Waals surface area contributed by atoms with Crippen molar-refractivity contribution in [3.8, 4) is 0 Å². The third-order valence-electron chi connectivity index (χ3n) is 5.60. The van der Waals surface area contributed by atoms with Gasteiger partial charge in [0.15, 0.2) is 0 Å². The second-order valence-corrected chi connectivity index (χ2v) is 7.12. The van der Waals surface area contributed by atoms with Crippen LogP contribution in [0.15, 0.2) is 60.7 Å². The molecule has 1 saturated heterocycles. The van der Waals surface area contributed by atoms with E-state index in [2.05, 4.69) is 0 Å². The number of hydrogen-bond donors (Lipinski definition) is 1. The SMILES string of the molecule is CCC(=O)N1[C@H](CN(CC)C(=O)c2ccccc2)[C@H](c2ccccc2)[C@@H]1CO. The molecule has 1 aliphatic rings. The van der Waals surface area contributed by atoms with Crippen molar-refractivity contribution < 1.29 is 14.7 Å². The smallest absolute Gasteiger partial charge is 0.253 e. The Morgan fingerprint density at radius 2 is 1.57 bits per heavy atom. The highest BCUT2D eigenvalue weighted by Gasteiger charge is 2.51. The fraction of sp³-hybridized carbons (Fsp3) is 0.391. The summed E-state index contributed by atoms with van der Waals surface area (Å²) in [5, 5.41) is 9.95. The van der Waals surface area contributed by atoms with E-state index in [0.717, 1.165) is 5.56 Å². The van der Waals surface area contributed by atoms with Gasteiger partial charge >= 0.3 is 0 Å². The first kappa shape index (κ1) is 20.1. The molecule has 3 rings (SSSR count). The third-order valence-corrected chi connectivity index (χ3v) is 5.60. The highest BCUT2D eigenvalue weighted by molar-refractivity contribution is 5.94. The van der Waals surface area contributed by atoms with Gasteiger partial charge in [-0.3, -0.25) is 9.59 Å². The summed E-state index contributed by atoms with van der Waals surface area (Å²) in [6.45, 7) is 4.71. The number of benzene rings is 2. The Balaban J connectivity index is 1.88. The normalized spacial score (nSPS) is 21.1. The number of amides is 2. The van der Waals surface area contributed by atoms with Crippen molar-refractivity contribution >= 4 is 11.8 Å². The zero-order valence-corrected chi connectivity index (χ0v) is 16.5. The molecule has 148 valence electrons. The van der Waals surface area contributed by atoms with E-state index in [1.54, 1.807) is 9.80 Å². The minimum absolute atomic E-state index is 0.0133. The number of carbonyl (C=O) groups excluding carboxylic acids is 2. The molecule has 0 bridgehead atoms. The summed E-state index contributed by atoms with van der Waals surface area (Å²) in [6, 6.07) is 18.8. The number of aliphatic hydroxyl groups excluding tert-OH is 1. The average Bonchev–Trinajstić information content (AvgIpc) is 2.74. The molecule has 0 unspecified atom stereocenters. The molecular weight excluding hydrogens is 352 g/mol. The van der Waals surface area contributed by atoms with E-state index in [9.17, 15) is 14.7 Å². The van der Waals surface area contributed by atoms with Gasteiger partial charge in [0.1, 0.15) is 0 Å². The molecule has 1 heterocycles. The van der Waals surface area contributed by atoms with Crippen LogP contribution in [0.3, 0.4) is 0 Å². The number of nitrogens with zero attached hydrogens (tertiary/aromatic N) is 2. The minimum atomic E-state index is -0.245. The molecule has 1 aliphatic heterocycles. The molecule has 0 saturated carbocycles. The van der Waals surface area contributed by atoms with Crippen LogP contribution in [0.25, 0.3) is 0 Å². The van der Waals surface area contributed by atoms with Gasteiger partial charge in [0.2, 0.25) is 5.91 Å². The maximum absolute atomic E-state index is 13.0. The van der Waals surface area contributed by atoms with Crippen molar-refractivity contribution in [3.63, 3.8) is 0 Å². The van der Waals surface area contributed by atoms with Gasteiger partial charge in [-0.15, -0.1) is 0 Å². The topological polar surface area (TPSA) is 60.9 Å². The van der Waals surface area contributed by atoms with Crippen LogP contribution in [0.1, 0.15) is 42.1 Å². The molecule has 3 atom stereocenters. The lowest BCUT2D eigenvalue weighted by molar-refractivity contribution is -0.151. The van der Waals surface area contributed by atoms with Crippen LogP contribution in [-0.4, -0.2) is 58.5 Å². The lowest BCUT2D eigenvalue weighted by Crippen LogP contribution is -2.68. The van der Waals surface area contributed by atoms with Gasteiger partial charge in [0.05, 0.1) is 18.7 Å². The van der Waals surface area contributed by atoms with Crippen LogP contribution in [-0.2, 0) is 4.79 Å². The molecule has 1 N–H and O–H groups in total. The Hall–Kier alpha value is -2.66. The first-order chi connectivity index (χ1) is 13.6. The molecule has 1 fully saturated rings. The molecule has 0 radical (unpaired) electrons. The van der Waals surface area contributed by atoms with Crippen LogP contribution >= 0.6 is 0 Å². The van der Waals surface area contributed by atoms with E-state index in [1.807, 2.05) is 74.5 Å². The number of likely N-dealkylation sites (N-methyl/N-ethyl adjacent to an activating group) is 1. The van der Waals surface area contributed by atoms with E-state index in [0.29, 0.717) is 25.1 Å². The average molecular weight is 380 g/mol. The summed E-state index contributed by atoms with van der Waals surface area (Å²) in [7, 11) is 0. The number of rotatable bonds is 7. The van der Waals surface area contributed by atoms with Crippen LogP contribution in [0, 0.1) is 0 Å². The van der Waals surface area contributed by atoms with E-state index in [1.165, 1.54) is 0 Å². The van der Waals surface area contributed by atoms with Crippen LogP contribution in [0.2, 0.25) is 0 Å². The Labute approximate surface area is 166 Å². The highest BCUT2D eigenvalue weighted by atomic mass is 16.3. The van der Waals surface area contributed by atoms with Crippen molar-refractivity contribution in [3.05, 3.63) is 71.8 Å². The Kier molecular flexibility index (Phi) is 6.47. The van der Waals surface area contributed by atoms with Gasteiger partial charge in [0.25, 0.3) is 5.91 Å². The molecule has 2 aromatic carbocycles. The largest absolute Gasteiger partial charge is 0.394 e. The predicted molar refractivity (Wildman–Crippen MR) is 109 cm³/mol. The summed E-state index contributed by atoms with van der Waals surface area (Å²) in [5.41, 5.74) is 1.74. The highest BCUT2D eigenvalue weighted by Crippen LogP contribution is 2.41. The first-order valence-electron chi connectivity index (χ1n) is 9.93. The van der Waals surface area contributed by atoms with E-state index >= 15 is 0 Å². The number of likely N-dealkylation sites (tertiary alicyclic amines) is 1. The molecular formula is C23H28N2O3. The zero-order valence-electron chi connectivity index (χ0n) is 16.5. The molecule has 28 heavy (non-hydrogen) atoms. The summed E-state index contributed by atoms with van der Waals surface area (Å²) in [4.78, 5) is 29.1. The van der Waals surface area contributed by atoms with E-state index in [4.69, 9.17) is 0 Å². The van der Waals surface area contributed by atoms with Gasteiger partial charge in [-0.2, -0.15) is 0 Å². The zero-order chi connectivity index (χ0) is 20.1. The minimum Gasteiger partial charge on any atom is -0.394 e. The van der Waals surface area contributed by atoms with Crippen molar-refractivity contribution in [1.29, 1.82) is 0 Å². The summed E-state index contributed by atoms with van der Waals surface area (Å²) >= 11 is 0. The lowest BCUT2D eigenvalue weighted by atomic mass is 9.74. The Bertz CT molecular complexity index is 794. The van der Waals surface area contributed by atoms with Gasteiger partial charge in [-0.05, 0) is 24.6 Å². The summed E-state index contributed by atoms with van der Waals surface area (Å²) in [6.07, 6.45) is 0.382. The molecule has 2 amide bonds. The maximum atomic E-state index is 13.0. The van der Waals surface area contributed by atoms with E-state index < -0.39 is 0 Å². The van der Waals surface area contributed by atoms with Gasteiger partial charge in [-0.1, -0.05) is 55.5 Å². The lowest BCUT2D eigenvalue weighted by Gasteiger charge is -2.56. The van der Waals surface area contributed by atoms with Crippen molar-refractivity contribution in [2.24, 2.45) is 0 Å². The quantitative estimate of drug-likeness (QED) is 0.803. The maximum Gasteiger partial charge on any atom is 0.253 e. The molecule has 2 aromatic rings. The monoisotopic (exact) mass is 380 g/mol. The Morgan fingerprint density at radius 3 is 2.11 bits per heavy atom. The second-order valence-electron chi connectivity index (χ2n) is 7.12. The fourth-order valence-corrected chi connectivity index (χ4v) is 4.17. The molecule has 0 spiro atoms. The second kappa shape index (κ2) is 9.02. The van der Waals surface area contributed by atoms with Crippen molar-refractivity contribution in [2.45, 2.75) is 38.3 Å². The van der Waals surface area contributed by atoms with Crippen molar-refractivity contribution in [1.82, 2.24) is 9.80 Å². The van der Waals surface area contributed by atoms with Crippen LogP contribution in [0.5, 0.6) is 0 Å². The van der Waals surface area contributed by atoms with Gasteiger partial charge in [-0.25, -0.2) is 0 Å². The third kappa shape index (κ3) is 3.80. The Morgan fingerprint density at radius 1 is 0.964 bits per heavy atom. The van der Waals surface area contributed by atoms with Gasteiger partial charge < -0.3 is 14.9 Å².